The molecule has 1 amide bonds. The summed E-state index contributed by atoms with van der Waals surface area (Å²) >= 11 is 0. The van der Waals surface area contributed by atoms with E-state index in [2.05, 4.69) is 5.32 Å². The first-order valence-electron chi connectivity index (χ1n) is 8.42. The van der Waals surface area contributed by atoms with Crippen LogP contribution in [-0.2, 0) is 9.53 Å². The highest BCUT2D eigenvalue weighted by Crippen LogP contribution is 2.12. The maximum atomic E-state index is 12.0. The average Bonchev–Trinajstić information content (AvgIpc) is 2.70. The second-order valence-corrected chi connectivity index (χ2v) is 5.35. The number of carbonyl (C=O) groups is 2. The van der Waals surface area contributed by atoms with Crippen LogP contribution in [0.1, 0.15) is 22.8 Å². The van der Waals surface area contributed by atoms with Gasteiger partial charge in [-0.05, 0) is 55.5 Å². The van der Waals surface area contributed by atoms with Crippen LogP contribution in [0.2, 0.25) is 0 Å². The molecule has 7 heteroatoms. The Balaban J connectivity index is 1.65. The SMILES string of the molecule is CCOc1ccc(C(=O)NCC(=O)OCCOc2ccc(C#N)cc2)cc1. The fourth-order valence-corrected chi connectivity index (χ4v) is 2.12. The van der Waals surface area contributed by atoms with E-state index in [1.54, 1.807) is 48.5 Å². The summed E-state index contributed by atoms with van der Waals surface area (Å²) in [6.45, 7) is 2.42. The predicted molar refractivity (Wildman–Crippen MR) is 97.6 cm³/mol. The maximum absolute atomic E-state index is 12.0. The number of ether oxygens (including phenoxy) is 3. The van der Waals surface area contributed by atoms with Crippen molar-refractivity contribution in [1.29, 1.82) is 5.26 Å². The molecular formula is C20H20N2O5. The van der Waals surface area contributed by atoms with Crippen molar-refractivity contribution in [2.24, 2.45) is 0 Å². The summed E-state index contributed by atoms with van der Waals surface area (Å²) in [5.41, 5.74) is 0.965. The smallest absolute Gasteiger partial charge is 0.325 e. The quantitative estimate of drug-likeness (QED) is 0.539. The monoisotopic (exact) mass is 368 g/mol. The van der Waals surface area contributed by atoms with E-state index in [1.807, 2.05) is 13.0 Å². The summed E-state index contributed by atoms with van der Waals surface area (Å²) in [5, 5.41) is 11.2. The topological polar surface area (TPSA) is 97.7 Å². The van der Waals surface area contributed by atoms with Gasteiger partial charge in [0.1, 0.15) is 31.3 Å². The normalized spacial score (nSPS) is 9.78. The molecule has 27 heavy (non-hydrogen) atoms. The predicted octanol–water partition coefficient (Wildman–Crippen LogP) is 2.31. The number of amides is 1. The maximum Gasteiger partial charge on any atom is 0.325 e. The highest BCUT2D eigenvalue weighted by molar-refractivity contribution is 5.96. The molecule has 0 atom stereocenters. The van der Waals surface area contributed by atoms with E-state index >= 15 is 0 Å². The van der Waals surface area contributed by atoms with E-state index in [1.165, 1.54) is 0 Å². The summed E-state index contributed by atoms with van der Waals surface area (Å²) in [6, 6.07) is 15.2. The van der Waals surface area contributed by atoms with Crippen molar-refractivity contribution in [3.63, 3.8) is 0 Å². The van der Waals surface area contributed by atoms with Crippen LogP contribution in [0.5, 0.6) is 11.5 Å². The summed E-state index contributed by atoms with van der Waals surface area (Å²) in [4.78, 5) is 23.6. The molecule has 0 aliphatic heterocycles. The van der Waals surface area contributed by atoms with Gasteiger partial charge in [-0.25, -0.2) is 0 Å². The molecule has 0 heterocycles. The van der Waals surface area contributed by atoms with Crippen molar-refractivity contribution in [1.82, 2.24) is 5.32 Å². The van der Waals surface area contributed by atoms with Crippen LogP contribution in [0.15, 0.2) is 48.5 Å². The molecule has 0 bridgehead atoms. The van der Waals surface area contributed by atoms with Crippen molar-refractivity contribution in [2.75, 3.05) is 26.4 Å². The number of hydrogen-bond acceptors (Lipinski definition) is 6. The van der Waals surface area contributed by atoms with E-state index < -0.39 is 5.97 Å². The molecule has 2 aromatic rings. The lowest BCUT2D eigenvalue weighted by molar-refractivity contribution is -0.143. The van der Waals surface area contributed by atoms with Gasteiger partial charge in [0.05, 0.1) is 18.2 Å². The van der Waals surface area contributed by atoms with Gasteiger partial charge < -0.3 is 19.5 Å². The second-order valence-electron chi connectivity index (χ2n) is 5.35. The summed E-state index contributed by atoms with van der Waals surface area (Å²) < 4.78 is 15.7. The van der Waals surface area contributed by atoms with E-state index in [0.29, 0.717) is 29.2 Å². The zero-order chi connectivity index (χ0) is 19.5. The van der Waals surface area contributed by atoms with Crippen LogP contribution in [0.25, 0.3) is 0 Å². The Hall–Kier alpha value is -3.53. The van der Waals surface area contributed by atoms with Gasteiger partial charge in [-0.15, -0.1) is 0 Å². The second kappa shape index (κ2) is 10.5. The third-order valence-electron chi connectivity index (χ3n) is 3.42. The molecular weight excluding hydrogens is 348 g/mol. The van der Waals surface area contributed by atoms with Crippen LogP contribution < -0.4 is 14.8 Å². The first-order chi connectivity index (χ1) is 13.1. The van der Waals surface area contributed by atoms with Crippen molar-refractivity contribution in [2.45, 2.75) is 6.92 Å². The minimum atomic E-state index is -0.558. The molecule has 0 spiro atoms. The number of nitriles is 1. The molecule has 140 valence electrons. The first kappa shape index (κ1) is 19.8. The molecule has 0 unspecified atom stereocenters. The van der Waals surface area contributed by atoms with E-state index in [0.717, 1.165) is 0 Å². The first-order valence-corrected chi connectivity index (χ1v) is 8.42. The zero-order valence-electron chi connectivity index (χ0n) is 14.9. The Kier molecular flexibility index (Phi) is 7.67. The van der Waals surface area contributed by atoms with E-state index in [9.17, 15) is 9.59 Å². The van der Waals surface area contributed by atoms with Crippen LogP contribution in [0.4, 0.5) is 0 Å². The van der Waals surface area contributed by atoms with Crippen molar-refractivity contribution < 1.29 is 23.8 Å². The highest BCUT2D eigenvalue weighted by atomic mass is 16.6. The number of esters is 1. The molecule has 2 aromatic carbocycles. The minimum Gasteiger partial charge on any atom is -0.494 e. The summed E-state index contributed by atoms with van der Waals surface area (Å²) in [6.07, 6.45) is 0. The number of nitrogens with one attached hydrogen (secondary N) is 1. The van der Waals surface area contributed by atoms with Gasteiger partial charge in [-0.3, -0.25) is 9.59 Å². The number of hydrogen-bond donors (Lipinski definition) is 1. The molecule has 7 nitrogen and oxygen atoms in total. The van der Waals surface area contributed by atoms with Gasteiger partial charge in [-0.2, -0.15) is 5.26 Å². The number of rotatable bonds is 9. The van der Waals surface area contributed by atoms with Gasteiger partial charge in [0.2, 0.25) is 0 Å². The summed E-state index contributed by atoms with van der Waals surface area (Å²) in [5.74, 6) is 0.325. The summed E-state index contributed by atoms with van der Waals surface area (Å²) in [7, 11) is 0. The van der Waals surface area contributed by atoms with Gasteiger partial charge in [0.15, 0.2) is 0 Å². The molecule has 0 radical (unpaired) electrons. The Morgan fingerprint density at radius 2 is 1.59 bits per heavy atom. The van der Waals surface area contributed by atoms with Crippen LogP contribution >= 0.6 is 0 Å². The Labute approximate surface area is 157 Å². The highest BCUT2D eigenvalue weighted by Gasteiger charge is 2.09. The minimum absolute atomic E-state index is 0.0533. The molecule has 0 aromatic heterocycles. The lowest BCUT2D eigenvalue weighted by Crippen LogP contribution is -2.31. The van der Waals surface area contributed by atoms with Crippen LogP contribution in [0, 0.1) is 11.3 Å². The Morgan fingerprint density at radius 1 is 0.963 bits per heavy atom. The molecule has 2 rings (SSSR count). The number of carbonyl (C=O) groups excluding carboxylic acids is 2. The van der Waals surface area contributed by atoms with E-state index in [-0.39, 0.29) is 25.7 Å². The third-order valence-corrected chi connectivity index (χ3v) is 3.42. The average molecular weight is 368 g/mol. The molecule has 1 N–H and O–H groups in total. The zero-order valence-corrected chi connectivity index (χ0v) is 14.9. The fraction of sp³-hybridized carbons (Fsp3) is 0.250. The standard InChI is InChI=1S/C20H20N2O5/c1-2-25-17-9-5-16(6-10-17)20(24)22-14-19(23)27-12-11-26-18-7-3-15(13-21)4-8-18/h3-10H,2,11-12,14H2,1H3,(H,22,24). The number of benzene rings is 2. The molecule has 0 saturated carbocycles. The molecule has 0 aliphatic carbocycles. The van der Waals surface area contributed by atoms with Gasteiger partial charge >= 0.3 is 5.97 Å². The lowest BCUT2D eigenvalue weighted by Gasteiger charge is -2.09. The fourth-order valence-electron chi connectivity index (χ4n) is 2.12. The van der Waals surface area contributed by atoms with Gasteiger partial charge in [0, 0.05) is 5.56 Å². The van der Waals surface area contributed by atoms with Crippen LogP contribution in [-0.4, -0.2) is 38.2 Å². The number of nitrogens with zero attached hydrogens (tertiary/aromatic N) is 1. The van der Waals surface area contributed by atoms with Crippen molar-refractivity contribution in [3.05, 3.63) is 59.7 Å². The molecule has 0 saturated heterocycles. The third kappa shape index (κ3) is 6.71. The van der Waals surface area contributed by atoms with Crippen molar-refractivity contribution >= 4 is 11.9 Å². The Bertz CT molecular complexity index is 795. The van der Waals surface area contributed by atoms with Gasteiger partial charge in [0.25, 0.3) is 5.91 Å². The molecule has 0 aliphatic rings. The van der Waals surface area contributed by atoms with E-state index in [4.69, 9.17) is 19.5 Å². The van der Waals surface area contributed by atoms with Crippen molar-refractivity contribution in [3.8, 4) is 17.6 Å². The van der Waals surface area contributed by atoms with Crippen LogP contribution in [0.3, 0.4) is 0 Å². The molecule has 0 fully saturated rings. The Morgan fingerprint density at radius 3 is 2.22 bits per heavy atom. The van der Waals surface area contributed by atoms with Gasteiger partial charge in [-0.1, -0.05) is 0 Å². The lowest BCUT2D eigenvalue weighted by atomic mass is 10.2. The largest absolute Gasteiger partial charge is 0.494 e.